The lowest BCUT2D eigenvalue weighted by atomic mass is 10.1. The highest BCUT2D eigenvalue weighted by molar-refractivity contribution is 6.36. The average molecular weight is 331 g/mol. The molecule has 0 saturated heterocycles. The standard InChI is InChI=1S/C11H11Cl2F3N2O2/c12-6-2-1-3-7(13)9(6)8(19)4-17-10(20)18-5-11(14,15)16/h1-3,8,19H,4-5H2,(H2,17,18,20). The van der Waals surface area contributed by atoms with Crippen molar-refractivity contribution in [1.82, 2.24) is 10.6 Å². The third-order valence-corrected chi connectivity index (χ3v) is 2.90. The van der Waals surface area contributed by atoms with E-state index in [9.17, 15) is 23.1 Å². The molecule has 0 aliphatic rings. The summed E-state index contributed by atoms with van der Waals surface area (Å²) in [4.78, 5) is 11.1. The predicted octanol–water partition coefficient (Wildman–Crippen LogP) is 2.89. The number of urea groups is 1. The van der Waals surface area contributed by atoms with Crippen LogP contribution < -0.4 is 10.6 Å². The molecule has 0 aliphatic heterocycles. The van der Waals surface area contributed by atoms with Crippen molar-refractivity contribution in [2.45, 2.75) is 12.3 Å². The van der Waals surface area contributed by atoms with Gasteiger partial charge in [0, 0.05) is 22.2 Å². The molecule has 1 unspecified atom stereocenters. The SMILES string of the molecule is O=C(NCC(O)c1c(Cl)cccc1Cl)NCC(F)(F)F. The Morgan fingerprint density at radius 1 is 1.25 bits per heavy atom. The fourth-order valence-corrected chi connectivity index (χ4v) is 2.01. The predicted molar refractivity (Wildman–Crippen MR) is 68.9 cm³/mol. The van der Waals surface area contributed by atoms with Gasteiger partial charge in [0.05, 0.1) is 6.10 Å². The lowest BCUT2D eigenvalue weighted by Gasteiger charge is -2.16. The van der Waals surface area contributed by atoms with Gasteiger partial charge in [-0.1, -0.05) is 29.3 Å². The Bertz CT molecular complexity index is 463. The highest BCUT2D eigenvalue weighted by Crippen LogP contribution is 2.29. The molecule has 3 N–H and O–H groups in total. The number of carbonyl (C=O) groups is 1. The Morgan fingerprint density at radius 3 is 2.30 bits per heavy atom. The number of halogens is 5. The minimum Gasteiger partial charge on any atom is -0.386 e. The summed E-state index contributed by atoms with van der Waals surface area (Å²) in [6.45, 7) is -1.78. The number of alkyl halides is 3. The third kappa shape index (κ3) is 5.44. The first-order valence-electron chi connectivity index (χ1n) is 5.41. The molecule has 1 atom stereocenters. The number of hydrogen-bond acceptors (Lipinski definition) is 2. The summed E-state index contributed by atoms with van der Waals surface area (Å²) in [5, 5.41) is 13.9. The molecule has 1 aromatic carbocycles. The van der Waals surface area contributed by atoms with Crippen molar-refractivity contribution in [3.63, 3.8) is 0 Å². The fraction of sp³-hybridized carbons (Fsp3) is 0.364. The van der Waals surface area contributed by atoms with E-state index in [0.29, 0.717) is 0 Å². The topological polar surface area (TPSA) is 61.4 Å². The Labute approximate surface area is 122 Å². The first-order chi connectivity index (χ1) is 9.20. The number of aliphatic hydroxyl groups is 1. The van der Waals surface area contributed by atoms with Crippen LogP contribution in [0, 0.1) is 0 Å². The van der Waals surface area contributed by atoms with Crippen molar-refractivity contribution in [1.29, 1.82) is 0 Å². The van der Waals surface area contributed by atoms with Gasteiger partial charge in [0.1, 0.15) is 6.54 Å². The lowest BCUT2D eigenvalue weighted by molar-refractivity contribution is -0.122. The van der Waals surface area contributed by atoms with Gasteiger partial charge < -0.3 is 15.7 Å². The summed E-state index contributed by atoms with van der Waals surface area (Å²) < 4.78 is 35.6. The van der Waals surface area contributed by atoms with Gasteiger partial charge in [0.2, 0.25) is 0 Å². The van der Waals surface area contributed by atoms with Gasteiger partial charge in [0.15, 0.2) is 0 Å². The molecule has 0 aliphatic carbocycles. The van der Waals surface area contributed by atoms with Gasteiger partial charge in [-0.15, -0.1) is 0 Å². The van der Waals surface area contributed by atoms with Crippen molar-refractivity contribution in [3.05, 3.63) is 33.8 Å². The van der Waals surface area contributed by atoms with Crippen LogP contribution in [0.15, 0.2) is 18.2 Å². The van der Waals surface area contributed by atoms with Crippen molar-refractivity contribution >= 4 is 29.2 Å². The van der Waals surface area contributed by atoms with Crippen LogP contribution in [0.1, 0.15) is 11.7 Å². The fourth-order valence-electron chi connectivity index (χ4n) is 1.36. The Kier molecular flexibility index (Phi) is 5.91. The van der Waals surface area contributed by atoms with E-state index in [-0.39, 0.29) is 22.2 Å². The van der Waals surface area contributed by atoms with Crippen LogP contribution in [-0.2, 0) is 0 Å². The van der Waals surface area contributed by atoms with Gasteiger partial charge >= 0.3 is 12.2 Å². The molecule has 4 nitrogen and oxygen atoms in total. The van der Waals surface area contributed by atoms with E-state index in [1.165, 1.54) is 12.1 Å². The molecule has 0 saturated carbocycles. The number of nitrogens with one attached hydrogen (secondary N) is 2. The molecule has 0 spiro atoms. The van der Waals surface area contributed by atoms with E-state index in [2.05, 4.69) is 5.32 Å². The molecular formula is C11H11Cl2F3N2O2. The molecule has 0 bridgehead atoms. The van der Waals surface area contributed by atoms with E-state index in [0.717, 1.165) is 0 Å². The molecule has 1 rings (SSSR count). The molecule has 0 fully saturated rings. The zero-order valence-corrected chi connectivity index (χ0v) is 11.5. The van der Waals surface area contributed by atoms with Crippen LogP contribution in [0.2, 0.25) is 10.0 Å². The van der Waals surface area contributed by atoms with E-state index < -0.39 is 24.9 Å². The maximum absolute atomic E-state index is 11.9. The van der Waals surface area contributed by atoms with Crippen molar-refractivity contribution < 1.29 is 23.1 Å². The molecule has 0 aromatic heterocycles. The first-order valence-corrected chi connectivity index (χ1v) is 6.16. The summed E-state index contributed by atoms with van der Waals surface area (Å²) in [5.74, 6) is 0. The molecular weight excluding hydrogens is 320 g/mol. The largest absolute Gasteiger partial charge is 0.405 e. The summed E-state index contributed by atoms with van der Waals surface area (Å²) in [7, 11) is 0. The molecule has 20 heavy (non-hydrogen) atoms. The Morgan fingerprint density at radius 2 is 1.80 bits per heavy atom. The number of hydrogen-bond donors (Lipinski definition) is 3. The normalized spacial score (nSPS) is 12.9. The van der Waals surface area contributed by atoms with Crippen LogP contribution in [0.25, 0.3) is 0 Å². The molecule has 9 heteroatoms. The smallest absolute Gasteiger partial charge is 0.386 e. The molecule has 112 valence electrons. The van der Waals surface area contributed by atoms with E-state index in [1.54, 1.807) is 11.4 Å². The number of carbonyl (C=O) groups excluding carboxylic acids is 1. The summed E-state index contributed by atoms with van der Waals surface area (Å²) in [6, 6.07) is 3.51. The van der Waals surface area contributed by atoms with Crippen LogP contribution in [0.5, 0.6) is 0 Å². The summed E-state index contributed by atoms with van der Waals surface area (Å²) in [5.41, 5.74) is 0.201. The van der Waals surface area contributed by atoms with Gasteiger partial charge in [-0.2, -0.15) is 13.2 Å². The van der Waals surface area contributed by atoms with Crippen LogP contribution >= 0.6 is 23.2 Å². The van der Waals surface area contributed by atoms with Crippen molar-refractivity contribution in [2.75, 3.05) is 13.1 Å². The van der Waals surface area contributed by atoms with Crippen LogP contribution in [0.3, 0.4) is 0 Å². The van der Waals surface area contributed by atoms with E-state index >= 15 is 0 Å². The number of rotatable bonds is 4. The second-order valence-electron chi connectivity index (χ2n) is 3.83. The third-order valence-electron chi connectivity index (χ3n) is 2.24. The number of amides is 2. The monoisotopic (exact) mass is 330 g/mol. The van der Waals surface area contributed by atoms with Crippen molar-refractivity contribution in [2.24, 2.45) is 0 Å². The van der Waals surface area contributed by atoms with Crippen LogP contribution in [-0.4, -0.2) is 30.4 Å². The van der Waals surface area contributed by atoms with Crippen LogP contribution in [0.4, 0.5) is 18.0 Å². The quantitative estimate of drug-likeness (QED) is 0.794. The lowest BCUT2D eigenvalue weighted by Crippen LogP contribution is -2.42. The number of aliphatic hydroxyl groups excluding tert-OH is 1. The second kappa shape index (κ2) is 7.01. The highest BCUT2D eigenvalue weighted by Gasteiger charge is 2.27. The maximum atomic E-state index is 11.9. The first kappa shape index (κ1) is 16.9. The summed E-state index contributed by atoms with van der Waals surface area (Å²) in [6.07, 6.45) is -5.73. The molecule has 1 aromatic rings. The molecule has 0 heterocycles. The molecule has 2 amide bonds. The summed E-state index contributed by atoms with van der Waals surface area (Å²) >= 11 is 11.7. The van der Waals surface area contributed by atoms with E-state index in [1.807, 2.05) is 0 Å². The minimum atomic E-state index is -4.50. The Hall–Kier alpha value is -1.18. The van der Waals surface area contributed by atoms with Crippen molar-refractivity contribution in [3.8, 4) is 0 Å². The minimum absolute atomic E-state index is 0.197. The Balaban J connectivity index is 2.51. The maximum Gasteiger partial charge on any atom is 0.405 e. The zero-order chi connectivity index (χ0) is 15.3. The van der Waals surface area contributed by atoms with Gasteiger partial charge in [-0.05, 0) is 12.1 Å². The number of benzene rings is 1. The zero-order valence-electron chi connectivity index (χ0n) is 9.97. The van der Waals surface area contributed by atoms with E-state index in [4.69, 9.17) is 23.2 Å². The molecule has 0 radical (unpaired) electrons. The van der Waals surface area contributed by atoms with Gasteiger partial charge in [-0.3, -0.25) is 0 Å². The van der Waals surface area contributed by atoms with Gasteiger partial charge in [0.25, 0.3) is 0 Å². The average Bonchev–Trinajstić information content (AvgIpc) is 2.32. The van der Waals surface area contributed by atoms with Gasteiger partial charge in [-0.25, -0.2) is 4.79 Å². The highest BCUT2D eigenvalue weighted by atomic mass is 35.5. The second-order valence-corrected chi connectivity index (χ2v) is 4.64.